The molecule has 112 valence electrons. The number of nitrogens with one attached hydrogen (secondary N) is 1. The third-order valence-corrected chi connectivity index (χ3v) is 5.00. The Morgan fingerprint density at radius 2 is 2.29 bits per heavy atom. The largest absolute Gasteiger partial charge is 0.351 e. The summed E-state index contributed by atoms with van der Waals surface area (Å²) in [4.78, 5) is 17.2. The van der Waals surface area contributed by atoms with Gasteiger partial charge in [-0.3, -0.25) is 4.79 Å². The van der Waals surface area contributed by atoms with Gasteiger partial charge in [-0.1, -0.05) is 18.9 Å². The summed E-state index contributed by atoms with van der Waals surface area (Å²) in [6.07, 6.45) is 7.89. The van der Waals surface area contributed by atoms with Crippen molar-refractivity contribution in [2.24, 2.45) is 0 Å². The maximum absolute atomic E-state index is 11.9. The molecule has 1 aliphatic carbocycles. The van der Waals surface area contributed by atoms with Gasteiger partial charge in [0.05, 0.1) is 4.88 Å². The summed E-state index contributed by atoms with van der Waals surface area (Å²) in [5, 5.41) is 4.90. The van der Waals surface area contributed by atoms with E-state index in [1.165, 1.54) is 42.7 Å². The number of aromatic nitrogens is 2. The topological polar surface area (TPSA) is 46.9 Å². The lowest BCUT2D eigenvalue weighted by Gasteiger charge is -2.17. The first kappa shape index (κ1) is 14.3. The minimum absolute atomic E-state index is 0.0145. The zero-order valence-corrected chi connectivity index (χ0v) is 13.2. The molecule has 0 aliphatic heterocycles. The Balaban J connectivity index is 1.59. The lowest BCUT2D eigenvalue weighted by molar-refractivity contribution is 0.0958. The summed E-state index contributed by atoms with van der Waals surface area (Å²) in [7, 11) is 0. The number of rotatable bonds is 5. The molecule has 5 heteroatoms. The van der Waals surface area contributed by atoms with Gasteiger partial charge in [0.15, 0.2) is 0 Å². The van der Waals surface area contributed by atoms with Crippen LogP contribution in [-0.4, -0.2) is 22.0 Å². The molecule has 0 saturated heterocycles. The summed E-state index contributed by atoms with van der Waals surface area (Å²) in [6.45, 7) is 2.76. The Bertz CT molecular complexity index is 597. The molecular weight excluding hydrogens is 282 g/mol. The smallest absolute Gasteiger partial charge is 0.261 e. The van der Waals surface area contributed by atoms with E-state index in [1.807, 2.05) is 23.7 Å². The van der Waals surface area contributed by atoms with Crippen molar-refractivity contribution >= 4 is 17.2 Å². The molecule has 21 heavy (non-hydrogen) atoms. The number of hydrogen-bond acceptors (Lipinski definition) is 3. The van der Waals surface area contributed by atoms with Crippen LogP contribution in [0.4, 0.5) is 0 Å². The molecule has 0 bridgehead atoms. The van der Waals surface area contributed by atoms with Gasteiger partial charge in [0, 0.05) is 30.9 Å². The fraction of sp³-hybridized carbons (Fsp3) is 0.500. The molecule has 1 fully saturated rings. The lowest BCUT2D eigenvalue weighted by Crippen LogP contribution is -2.26. The van der Waals surface area contributed by atoms with Gasteiger partial charge < -0.3 is 9.88 Å². The van der Waals surface area contributed by atoms with Gasteiger partial charge in [0.25, 0.3) is 5.91 Å². The first-order chi connectivity index (χ1) is 10.3. The van der Waals surface area contributed by atoms with Crippen molar-refractivity contribution in [1.82, 2.24) is 14.9 Å². The van der Waals surface area contributed by atoms with Crippen molar-refractivity contribution in [3.8, 4) is 0 Å². The van der Waals surface area contributed by atoms with E-state index in [9.17, 15) is 4.79 Å². The van der Waals surface area contributed by atoms with E-state index in [0.717, 1.165) is 17.1 Å². The Morgan fingerprint density at radius 1 is 1.48 bits per heavy atom. The van der Waals surface area contributed by atoms with Gasteiger partial charge in [-0.15, -0.1) is 11.3 Å². The molecule has 0 spiro atoms. The first-order valence-electron chi connectivity index (χ1n) is 7.60. The van der Waals surface area contributed by atoms with E-state index in [0.29, 0.717) is 12.6 Å². The minimum atomic E-state index is 0.0145. The van der Waals surface area contributed by atoms with Crippen LogP contribution >= 0.6 is 11.3 Å². The second kappa shape index (κ2) is 6.43. The minimum Gasteiger partial charge on any atom is -0.351 e. The Hall–Kier alpha value is -1.62. The van der Waals surface area contributed by atoms with Gasteiger partial charge in [-0.05, 0) is 31.2 Å². The molecular formula is C16H21N3OS. The molecule has 2 heterocycles. The highest BCUT2D eigenvalue weighted by Crippen LogP contribution is 2.31. The fourth-order valence-corrected chi connectivity index (χ4v) is 3.76. The van der Waals surface area contributed by atoms with Crippen LogP contribution in [0.3, 0.4) is 0 Å². The Morgan fingerprint density at radius 3 is 3.00 bits per heavy atom. The second-order valence-corrected chi connectivity index (χ2v) is 6.55. The fourth-order valence-electron chi connectivity index (χ4n) is 3.12. The number of imidazole rings is 1. The van der Waals surface area contributed by atoms with Crippen LogP contribution in [0.25, 0.3) is 0 Å². The molecule has 2 aromatic rings. The molecule has 1 amide bonds. The summed E-state index contributed by atoms with van der Waals surface area (Å²) in [6, 6.07) is 4.36. The van der Waals surface area contributed by atoms with Crippen molar-refractivity contribution in [1.29, 1.82) is 0 Å². The number of thiophene rings is 1. The van der Waals surface area contributed by atoms with Crippen LogP contribution in [0.2, 0.25) is 0 Å². The van der Waals surface area contributed by atoms with E-state index < -0.39 is 0 Å². The molecule has 1 saturated carbocycles. The van der Waals surface area contributed by atoms with Gasteiger partial charge in [-0.25, -0.2) is 4.98 Å². The highest BCUT2D eigenvalue weighted by atomic mass is 32.1. The molecule has 0 radical (unpaired) electrons. The summed E-state index contributed by atoms with van der Waals surface area (Å²) >= 11 is 1.47. The van der Waals surface area contributed by atoms with E-state index in [2.05, 4.69) is 21.8 Å². The number of carbonyl (C=O) groups is 1. The van der Waals surface area contributed by atoms with Crippen molar-refractivity contribution in [2.75, 3.05) is 6.54 Å². The van der Waals surface area contributed by atoms with Crippen molar-refractivity contribution in [3.05, 3.63) is 40.1 Å². The van der Waals surface area contributed by atoms with Crippen molar-refractivity contribution in [2.45, 2.75) is 45.1 Å². The standard InChI is InChI=1S/C16H21N3OS/c1-12-11-18-15(19(12)13-5-2-3-6-13)8-9-17-16(20)14-7-4-10-21-14/h4,7,10-11,13H,2-3,5-6,8-9H2,1H3,(H,17,20). The summed E-state index contributed by atoms with van der Waals surface area (Å²) in [5.74, 6) is 1.12. The number of carbonyl (C=O) groups excluding carboxylic acids is 1. The number of hydrogen-bond donors (Lipinski definition) is 1. The van der Waals surface area contributed by atoms with Gasteiger partial charge in [0.1, 0.15) is 5.82 Å². The van der Waals surface area contributed by atoms with E-state index in [1.54, 1.807) is 0 Å². The zero-order valence-electron chi connectivity index (χ0n) is 12.3. The van der Waals surface area contributed by atoms with Gasteiger partial charge >= 0.3 is 0 Å². The number of amides is 1. The third-order valence-electron chi connectivity index (χ3n) is 4.13. The first-order valence-corrected chi connectivity index (χ1v) is 8.48. The monoisotopic (exact) mass is 303 g/mol. The van der Waals surface area contributed by atoms with Gasteiger partial charge in [-0.2, -0.15) is 0 Å². The third kappa shape index (κ3) is 3.18. The van der Waals surface area contributed by atoms with Crippen LogP contribution in [0, 0.1) is 6.92 Å². The number of aryl methyl sites for hydroxylation is 1. The molecule has 1 aliphatic rings. The molecule has 1 N–H and O–H groups in total. The number of nitrogens with zero attached hydrogens (tertiary/aromatic N) is 2. The molecule has 2 aromatic heterocycles. The summed E-state index contributed by atoms with van der Waals surface area (Å²) < 4.78 is 2.38. The summed E-state index contributed by atoms with van der Waals surface area (Å²) in [5.41, 5.74) is 1.24. The van der Waals surface area contributed by atoms with Crippen LogP contribution in [0.5, 0.6) is 0 Å². The van der Waals surface area contributed by atoms with Crippen molar-refractivity contribution < 1.29 is 4.79 Å². The van der Waals surface area contributed by atoms with Crippen LogP contribution < -0.4 is 5.32 Å². The Labute approximate surface area is 129 Å². The second-order valence-electron chi connectivity index (χ2n) is 5.61. The predicted octanol–water partition coefficient (Wildman–Crippen LogP) is 3.34. The van der Waals surface area contributed by atoms with E-state index in [4.69, 9.17) is 0 Å². The van der Waals surface area contributed by atoms with E-state index >= 15 is 0 Å². The average Bonchev–Trinajstić information content (AvgIpc) is 3.19. The van der Waals surface area contributed by atoms with Crippen LogP contribution in [0.15, 0.2) is 23.7 Å². The van der Waals surface area contributed by atoms with Crippen LogP contribution in [-0.2, 0) is 6.42 Å². The average molecular weight is 303 g/mol. The highest BCUT2D eigenvalue weighted by molar-refractivity contribution is 7.12. The zero-order chi connectivity index (χ0) is 14.7. The molecule has 3 rings (SSSR count). The molecule has 4 nitrogen and oxygen atoms in total. The maximum Gasteiger partial charge on any atom is 0.261 e. The van der Waals surface area contributed by atoms with E-state index in [-0.39, 0.29) is 5.91 Å². The van der Waals surface area contributed by atoms with Gasteiger partial charge in [0.2, 0.25) is 0 Å². The SMILES string of the molecule is Cc1cnc(CCNC(=O)c2cccs2)n1C1CCCC1. The quantitative estimate of drug-likeness (QED) is 0.921. The highest BCUT2D eigenvalue weighted by Gasteiger charge is 2.21. The molecule has 0 unspecified atom stereocenters. The van der Waals surface area contributed by atoms with Crippen LogP contribution in [0.1, 0.15) is 52.9 Å². The Kier molecular flexibility index (Phi) is 4.39. The van der Waals surface area contributed by atoms with Crippen molar-refractivity contribution in [3.63, 3.8) is 0 Å². The lowest BCUT2D eigenvalue weighted by atomic mass is 10.2. The molecule has 0 atom stereocenters. The molecule has 0 aromatic carbocycles. The maximum atomic E-state index is 11.9. The predicted molar refractivity (Wildman–Crippen MR) is 84.8 cm³/mol. The normalized spacial score (nSPS) is 15.5.